The number of likely N-dealkylation sites (tertiary alicyclic amines) is 1. The second-order valence-corrected chi connectivity index (χ2v) is 10.8. The number of hydrogen-bond acceptors (Lipinski definition) is 4. The van der Waals surface area contributed by atoms with Crippen LogP contribution in [0.2, 0.25) is 0 Å². The largest absolute Gasteiger partial charge is 0.497 e. The van der Waals surface area contributed by atoms with Crippen molar-refractivity contribution in [1.82, 2.24) is 9.88 Å². The van der Waals surface area contributed by atoms with Crippen LogP contribution in [0.3, 0.4) is 0 Å². The molecule has 7 heteroatoms. The number of nitrogens with zero attached hydrogens (tertiary/aromatic N) is 1. The molecule has 0 atom stereocenters. The Morgan fingerprint density at radius 2 is 1.77 bits per heavy atom. The molecule has 1 aliphatic rings. The zero-order valence-corrected chi connectivity index (χ0v) is 18.9. The van der Waals surface area contributed by atoms with Gasteiger partial charge in [0.15, 0.2) is 9.84 Å². The lowest BCUT2D eigenvalue weighted by molar-refractivity contribution is 0.0713. The number of ether oxygens (including phenoxy) is 1. The fourth-order valence-corrected chi connectivity index (χ4v) is 5.28. The van der Waals surface area contributed by atoms with Crippen molar-refractivity contribution in [2.45, 2.75) is 42.8 Å². The van der Waals surface area contributed by atoms with Crippen LogP contribution in [0.5, 0.6) is 5.75 Å². The fraction of sp³-hybridized carbons (Fsp3) is 0.375. The summed E-state index contributed by atoms with van der Waals surface area (Å²) >= 11 is 0. The Kier molecular flexibility index (Phi) is 5.79. The van der Waals surface area contributed by atoms with Crippen LogP contribution in [-0.2, 0) is 9.84 Å². The van der Waals surface area contributed by atoms with Crippen molar-refractivity contribution < 1.29 is 17.9 Å². The van der Waals surface area contributed by atoms with E-state index < -0.39 is 15.1 Å². The van der Waals surface area contributed by atoms with Crippen LogP contribution in [0.15, 0.2) is 53.6 Å². The van der Waals surface area contributed by atoms with Gasteiger partial charge < -0.3 is 14.6 Å². The molecule has 0 aliphatic carbocycles. The number of H-pyrrole nitrogens is 1. The SMILES string of the molecule is COc1ccc2[nH]cc(C3CCN(C(=O)c4ccc(S(=O)(=O)C(C)C)cc4)CC3)c2c1. The summed E-state index contributed by atoms with van der Waals surface area (Å²) in [6.07, 6.45) is 3.84. The number of nitrogens with one attached hydrogen (secondary N) is 1. The quantitative estimate of drug-likeness (QED) is 0.639. The maximum atomic E-state index is 12.9. The minimum Gasteiger partial charge on any atom is -0.497 e. The summed E-state index contributed by atoms with van der Waals surface area (Å²) < 4.78 is 30.0. The smallest absolute Gasteiger partial charge is 0.253 e. The van der Waals surface area contributed by atoms with E-state index in [1.807, 2.05) is 17.0 Å². The van der Waals surface area contributed by atoms with E-state index in [9.17, 15) is 13.2 Å². The monoisotopic (exact) mass is 440 g/mol. The normalized spacial score (nSPS) is 15.5. The Morgan fingerprint density at radius 1 is 1.10 bits per heavy atom. The first-order chi connectivity index (χ1) is 14.8. The molecular formula is C24H28N2O4S. The van der Waals surface area contributed by atoms with Crippen molar-refractivity contribution in [2.24, 2.45) is 0 Å². The molecule has 1 N–H and O–H groups in total. The first kappa shape index (κ1) is 21.4. The number of amides is 1. The van der Waals surface area contributed by atoms with Gasteiger partial charge in [-0.2, -0.15) is 0 Å². The molecule has 1 saturated heterocycles. The number of methoxy groups -OCH3 is 1. The summed E-state index contributed by atoms with van der Waals surface area (Å²) in [7, 11) is -1.67. The van der Waals surface area contributed by atoms with E-state index in [0.717, 1.165) is 24.1 Å². The van der Waals surface area contributed by atoms with Crippen LogP contribution in [-0.4, -0.2) is 49.7 Å². The molecule has 1 aliphatic heterocycles. The molecule has 1 aromatic heterocycles. The maximum Gasteiger partial charge on any atom is 0.253 e. The number of carbonyl (C=O) groups excluding carboxylic acids is 1. The lowest BCUT2D eigenvalue weighted by Gasteiger charge is -2.32. The summed E-state index contributed by atoms with van der Waals surface area (Å²) in [5.74, 6) is 1.17. The molecule has 0 spiro atoms. The number of aromatic nitrogens is 1. The highest BCUT2D eigenvalue weighted by atomic mass is 32.2. The van der Waals surface area contributed by atoms with Gasteiger partial charge in [0.1, 0.15) is 5.75 Å². The summed E-state index contributed by atoms with van der Waals surface area (Å²) in [5, 5.41) is 0.684. The van der Waals surface area contributed by atoms with Crippen LogP contribution in [0, 0.1) is 0 Å². The van der Waals surface area contributed by atoms with Gasteiger partial charge in [0, 0.05) is 35.8 Å². The summed E-state index contributed by atoms with van der Waals surface area (Å²) in [6, 6.07) is 12.3. The van der Waals surface area contributed by atoms with Crippen LogP contribution in [0.25, 0.3) is 10.9 Å². The van der Waals surface area contributed by atoms with Gasteiger partial charge in [-0.3, -0.25) is 4.79 Å². The number of benzene rings is 2. The molecule has 2 aromatic carbocycles. The summed E-state index contributed by atoms with van der Waals surface area (Å²) in [6.45, 7) is 4.66. The molecule has 2 heterocycles. The predicted molar refractivity (Wildman–Crippen MR) is 121 cm³/mol. The number of piperidine rings is 1. The Bertz CT molecular complexity index is 1190. The number of hydrogen-bond donors (Lipinski definition) is 1. The highest BCUT2D eigenvalue weighted by molar-refractivity contribution is 7.92. The van der Waals surface area contributed by atoms with Gasteiger partial charge in [-0.1, -0.05) is 0 Å². The molecule has 3 aromatic rings. The molecule has 6 nitrogen and oxygen atoms in total. The second kappa shape index (κ2) is 8.38. The molecule has 0 bridgehead atoms. The molecular weight excluding hydrogens is 412 g/mol. The van der Waals surface area contributed by atoms with Crippen molar-refractivity contribution >= 4 is 26.6 Å². The van der Waals surface area contributed by atoms with Gasteiger partial charge in [-0.15, -0.1) is 0 Å². The minimum atomic E-state index is -3.34. The van der Waals surface area contributed by atoms with Gasteiger partial charge in [0.05, 0.1) is 17.3 Å². The maximum absolute atomic E-state index is 12.9. The fourth-order valence-electron chi connectivity index (χ4n) is 4.22. The molecule has 1 fully saturated rings. The van der Waals surface area contributed by atoms with E-state index in [2.05, 4.69) is 17.2 Å². The average Bonchev–Trinajstić information content (AvgIpc) is 3.21. The first-order valence-corrected chi connectivity index (χ1v) is 12.1. The molecule has 1 amide bonds. The van der Waals surface area contributed by atoms with Crippen molar-refractivity contribution in [3.63, 3.8) is 0 Å². The van der Waals surface area contributed by atoms with E-state index in [1.54, 1.807) is 33.1 Å². The van der Waals surface area contributed by atoms with Crippen LogP contribution >= 0.6 is 0 Å². The van der Waals surface area contributed by atoms with Crippen molar-refractivity contribution in [1.29, 1.82) is 0 Å². The molecule has 31 heavy (non-hydrogen) atoms. The summed E-state index contributed by atoms with van der Waals surface area (Å²) in [4.78, 5) is 18.4. The Morgan fingerprint density at radius 3 is 2.39 bits per heavy atom. The van der Waals surface area contributed by atoms with Crippen molar-refractivity contribution in [3.8, 4) is 5.75 Å². The molecule has 164 valence electrons. The van der Waals surface area contributed by atoms with Crippen LogP contribution in [0.4, 0.5) is 0 Å². The molecule has 4 rings (SSSR count). The van der Waals surface area contributed by atoms with E-state index >= 15 is 0 Å². The van der Waals surface area contributed by atoms with Crippen molar-refractivity contribution in [3.05, 3.63) is 59.8 Å². The molecule has 0 unspecified atom stereocenters. The number of rotatable bonds is 5. The Balaban J connectivity index is 1.45. The van der Waals surface area contributed by atoms with Gasteiger partial charge in [0.2, 0.25) is 0 Å². The third-order valence-electron chi connectivity index (χ3n) is 6.19. The minimum absolute atomic E-state index is 0.0486. The van der Waals surface area contributed by atoms with Crippen LogP contribution in [0.1, 0.15) is 48.5 Å². The Hall–Kier alpha value is -2.80. The molecule has 0 radical (unpaired) electrons. The first-order valence-electron chi connectivity index (χ1n) is 10.6. The highest BCUT2D eigenvalue weighted by Gasteiger charge is 2.27. The third kappa shape index (κ3) is 4.06. The number of fused-ring (bicyclic) bond motifs is 1. The Labute approximate surface area is 183 Å². The van der Waals surface area contributed by atoms with Gasteiger partial charge >= 0.3 is 0 Å². The lowest BCUT2D eigenvalue weighted by atomic mass is 9.89. The number of carbonyl (C=O) groups is 1. The van der Waals surface area contributed by atoms with Gasteiger partial charge in [0.25, 0.3) is 5.91 Å². The zero-order valence-electron chi connectivity index (χ0n) is 18.1. The number of aromatic amines is 1. The highest BCUT2D eigenvalue weighted by Crippen LogP contribution is 2.35. The standard InChI is InChI=1S/C24H28N2O4S/c1-16(2)31(28,29)20-7-4-18(5-8-20)24(27)26-12-10-17(11-13-26)22-15-25-23-9-6-19(30-3)14-21(22)23/h4-9,14-17,25H,10-13H2,1-3H3. The number of sulfone groups is 1. The summed E-state index contributed by atoms with van der Waals surface area (Å²) in [5.41, 5.74) is 2.88. The van der Waals surface area contributed by atoms with Crippen LogP contribution < -0.4 is 4.74 Å². The van der Waals surface area contributed by atoms with Crippen molar-refractivity contribution in [2.75, 3.05) is 20.2 Å². The third-order valence-corrected chi connectivity index (χ3v) is 8.36. The topological polar surface area (TPSA) is 79.5 Å². The zero-order chi connectivity index (χ0) is 22.2. The lowest BCUT2D eigenvalue weighted by Crippen LogP contribution is -2.37. The molecule has 0 saturated carbocycles. The van der Waals surface area contributed by atoms with E-state index in [-0.39, 0.29) is 10.8 Å². The second-order valence-electron chi connectivity index (χ2n) is 8.34. The van der Waals surface area contributed by atoms with E-state index in [4.69, 9.17) is 4.74 Å². The van der Waals surface area contributed by atoms with Gasteiger partial charge in [-0.05, 0) is 80.6 Å². The van der Waals surface area contributed by atoms with Gasteiger partial charge in [-0.25, -0.2) is 8.42 Å². The van der Waals surface area contributed by atoms with E-state index in [1.165, 1.54) is 23.1 Å². The van der Waals surface area contributed by atoms with E-state index in [0.29, 0.717) is 24.6 Å². The average molecular weight is 441 g/mol. The predicted octanol–water partition coefficient (Wildman–Crippen LogP) is 4.38.